The molecule has 0 bridgehead atoms. The molecule has 0 aliphatic carbocycles. The number of hydrazine groups is 1. The van der Waals surface area contributed by atoms with Crippen LogP contribution in [0.5, 0.6) is 5.75 Å². The van der Waals surface area contributed by atoms with Crippen molar-refractivity contribution in [1.29, 1.82) is 0 Å². The molecular weight excluding hydrogens is 438 g/mol. The minimum atomic E-state index is -0.468. The molecule has 1 aromatic carbocycles. The summed E-state index contributed by atoms with van der Waals surface area (Å²) in [6, 6.07) is 8.36. The van der Waals surface area contributed by atoms with Crippen molar-refractivity contribution in [3.8, 4) is 5.75 Å². The smallest absolute Gasteiger partial charge is 0.276 e. The molecule has 126 valence electrons. The molecule has 0 aliphatic heterocycles. The van der Waals surface area contributed by atoms with Crippen molar-refractivity contribution in [3.05, 3.63) is 50.1 Å². The molecule has 0 saturated heterocycles. The minimum Gasteiger partial charge on any atom is -0.483 e. The standard InChI is InChI=1S/C14H11BrClN3O3S2/c15-9-6-8(16)3-4-10(9)22-7-12(20)18-19-14(23)17-13(21)11-2-1-5-24-11/h1-6H,7H2,(H,18,20)(H2,17,19,21,23). The number of benzene rings is 1. The Morgan fingerprint density at radius 2 is 2.08 bits per heavy atom. The van der Waals surface area contributed by atoms with Crippen LogP contribution < -0.4 is 20.9 Å². The van der Waals surface area contributed by atoms with E-state index in [1.165, 1.54) is 11.3 Å². The van der Waals surface area contributed by atoms with Gasteiger partial charge in [-0.15, -0.1) is 11.3 Å². The van der Waals surface area contributed by atoms with E-state index >= 15 is 0 Å². The fourth-order valence-corrected chi connectivity index (χ4v) is 3.06. The van der Waals surface area contributed by atoms with Gasteiger partial charge in [0, 0.05) is 5.02 Å². The number of carbonyl (C=O) groups excluding carboxylic acids is 2. The van der Waals surface area contributed by atoms with Gasteiger partial charge in [-0.3, -0.25) is 25.8 Å². The normalized spacial score (nSPS) is 9.92. The first kappa shape index (κ1) is 18.7. The van der Waals surface area contributed by atoms with Gasteiger partial charge in [-0.25, -0.2) is 0 Å². The number of ether oxygens (including phenoxy) is 1. The summed E-state index contributed by atoms with van der Waals surface area (Å²) in [4.78, 5) is 24.0. The van der Waals surface area contributed by atoms with Crippen molar-refractivity contribution in [2.45, 2.75) is 0 Å². The Kier molecular flexibility index (Phi) is 6.98. The second-order valence-electron chi connectivity index (χ2n) is 4.30. The zero-order valence-electron chi connectivity index (χ0n) is 12.0. The van der Waals surface area contributed by atoms with Crippen LogP contribution in [0.15, 0.2) is 40.2 Å². The maximum absolute atomic E-state index is 11.8. The van der Waals surface area contributed by atoms with E-state index in [0.29, 0.717) is 20.1 Å². The van der Waals surface area contributed by atoms with Crippen LogP contribution in [-0.2, 0) is 4.79 Å². The van der Waals surface area contributed by atoms with E-state index in [4.69, 9.17) is 28.6 Å². The van der Waals surface area contributed by atoms with Gasteiger partial charge in [-0.1, -0.05) is 17.7 Å². The van der Waals surface area contributed by atoms with E-state index < -0.39 is 5.91 Å². The average molecular weight is 449 g/mol. The Balaban J connectivity index is 1.72. The van der Waals surface area contributed by atoms with Gasteiger partial charge in [0.1, 0.15) is 5.75 Å². The Morgan fingerprint density at radius 1 is 1.29 bits per heavy atom. The zero-order valence-corrected chi connectivity index (χ0v) is 15.9. The monoisotopic (exact) mass is 447 g/mol. The fourth-order valence-electron chi connectivity index (χ4n) is 1.50. The topological polar surface area (TPSA) is 79.5 Å². The summed E-state index contributed by atoms with van der Waals surface area (Å²) in [6.07, 6.45) is 0. The third kappa shape index (κ3) is 5.75. The van der Waals surface area contributed by atoms with Crippen molar-refractivity contribution in [1.82, 2.24) is 16.2 Å². The number of amides is 2. The number of hydrogen-bond acceptors (Lipinski definition) is 5. The lowest BCUT2D eigenvalue weighted by molar-refractivity contribution is -0.123. The highest BCUT2D eigenvalue weighted by molar-refractivity contribution is 9.10. The molecule has 1 heterocycles. The van der Waals surface area contributed by atoms with Gasteiger partial charge < -0.3 is 4.74 Å². The van der Waals surface area contributed by atoms with Crippen LogP contribution in [0.25, 0.3) is 0 Å². The van der Waals surface area contributed by atoms with Crippen LogP contribution in [0.2, 0.25) is 5.02 Å². The van der Waals surface area contributed by atoms with E-state index in [0.717, 1.165) is 0 Å². The van der Waals surface area contributed by atoms with Crippen molar-refractivity contribution < 1.29 is 14.3 Å². The molecule has 24 heavy (non-hydrogen) atoms. The largest absolute Gasteiger partial charge is 0.483 e. The maximum Gasteiger partial charge on any atom is 0.276 e. The second kappa shape index (κ2) is 8.97. The average Bonchev–Trinajstić information content (AvgIpc) is 3.06. The molecule has 2 aromatic rings. The number of thiophene rings is 1. The quantitative estimate of drug-likeness (QED) is 0.495. The number of carbonyl (C=O) groups is 2. The first-order valence-electron chi connectivity index (χ1n) is 6.47. The summed E-state index contributed by atoms with van der Waals surface area (Å²) < 4.78 is 5.97. The Labute approximate surface area is 160 Å². The van der Waals surface area contributed by atoms with Gasteiger partial charge in [0.15, 0.2) is 11.7 Å². The summed E-state index contributed by atoms with van der Waals surface area (Å²) in [5.41, 5.74) is 4.75. The molecule has 6 nitrogen and oxygen atoms in total. The molecule has 0 fully saturated rings. The first-order chi connectivity index (χ1) is 11.5. The van der Waals surface area contributed by atoms with Crippen LogP contribution in [0, 0.1) is 0 Å². The highest BCUT2D eigenvalue weighted by Gasteiger charge is 2.10. The van der Waals surface area contributed by atoms with Crippen LogP contribution >= 0.6 is 51.1 Å². The Hall–Kier alpha value is -1.68. The number of halogens is 2. The lowest BCUT2D eigenvalue weighted by atomic mass is 10.3. The number of rotatable bonds is 4. The molecule has 0 saturated carbocycles. The van der Waals surface area contributed by atoms with Gasteiger partial charge in [-0.05, 0) is 57.8 Å². The lowest BCUT2D eigenvalue weighted by Gasteiger charge is -2.11. The van der Waals surface area contributed by atoms with Crippen molar-refractivity contribution >= 4 is 68.0 Å². The molecule has 0 spiro atoms. The van der Waals surface area contributed by atoms with Crippen LogP contribution in [-0.4, -0.2) is 23.5 Å². The summed E-state index contributed by atoms with van der Waals surface area (Å²) >= 11 is 15.3. The maximum atomic E-state index is 11.8. The molecule has 2 rings (SSSR count). The first-order valence-corrected chi connectivity index (χ1v) is 8.93. The second-order valence-corrected chi connectivity index (χ2v) is 6.94. The molecule has 0 atom stereocenters. The third-order valence-electron chi connectivity index (χ3n) is 2.54. The zero-order chi connectivity index (χ0) is 17.5. The summed E-state index contributed by atoms with van der Waals surface area (Å²) in [5, 5.41) is 4.75. The molecule has 3 N–H and O–H groups in total. The minimum absolute atomic E-state index is 0.0191. The molecule has 0 unspecified atom stereocenters. The summed E-state index contributed by atoms with van der Waals surface area (Å²) in [7, 11) is 0. The van der Waals surface area contributed by atoms with Gasteiger partial charge in [0.05, 0.1) is 9.35 Å². The van der Waals surface area contributed by atoms with Crippen molar-refractivity contribution in [2.24, 2.45) is 0 Å². The molecule has 2 amide bonds. The van der Waals surface area contributed by atoms with E-state index in [1.54, 1.807) is 35.7 Å². The fraction of sp³-hybridized carbons (Fsp3) is 0.0714. The Morgan fingerprint density at radius 3 is 2.75 bits per heavy atom. The van der Waals surface area contributed by atoms with Gasteiger partial charge in [0.25, 0.3) is 11.8 Å². The van der Waals surface area contributed by atoms with Crippen LogP contribution in [0.1, 0.15) is 9.67 Å². The predicted molar refractivity (Wildman–Crippen MR) is 100 cm³/mol. The number of thiocarbonyl (C=S) groups is 1. The molecular formula is C14H11BrClN3O3S2. The number of nitrogens with one attached hydrogen (secondary N) is 3. The van der Waals surface area contributed by atoms with Gasteiger partial charge in [-0.2, -0.15) is 0 Å². The van der Waals surface area contributed by atoms with E-state index in [1.807, 2.05) is 0 Å². The molecule has 1 aromatic heterocycles. The summed E-state index contributed by atoms with van der Waals surface area (Å²) in [5.74, 6) is -0.342. The van der Waals surface area contributed by atoms with Crippen molar-refractivity contribution in [2.75, 3.05) is 6.61 Å². The highest BCUT2D eigenvalue weighted by Crippen LogP contribution is 2.27. The van der Waals surface area contributed by atoms with E-state index in [-0.39, 0.29) is 17.6 Å². The number of hydrogen-bond donors (Lipinski definition) is 3. The SMILES string of the molecule is O=C(COc1ccc(Cl)cc1Br)NNC(=S)NC(=O)c1cccs1. The van der Waals surface area contributed by atoms with Crippen molar-refractivity contribution in [3.63, 3.8) is 0 Å². The third-order valence-corrected chi connectivity index (χ3v) is 4.47. The van der Waals surface area contributed by atoms with E-state index in [9.17, 15) is 9.59 Å². The Bertz CT molecular complexity index is 756. The van der Waals surface area contributed by atoms with Gasteiger partial charge >= 0.3 is 0 Å². The molecule has 0 aliphatic rings. The molecule has 10 heteroatoms. The molecule has 0 radical (unpaired) electrons. The van der Waals surface area contributed by atoms with Gasteiger partial charge in [0.2, 0.25) is 0 Å². The van der Waals surface area contributed by atoms with E-state index in [2.05, 4.69) is 32.1 Å². The van der Waals surface area contributed by atoms with Crippen LogP contribution in [0.4, 0.5) is 0 Å². The van der Waals surface area contributed by atoms with Crippen LogP contribution in [0.3, 0.4) is 0 Å². The lowest BCUT2D eigenvalue weighted by Crippen LogP contribution is -2.49. The summed E-state index contributed by atoms with van der Waals surface area (Å²) in [6.45, 7) is -0.241. The predicted octanol–water partition coefficient (Wildman–Crippen LogP) is 2.88. The highest BCUT2D eigenvalue weighted by atomic mass is 79.9.